The molecule has 1 aromatic rings. The SMILES string of the molecule is C=C[C@@](C)(C=N[C@H]1COC(C)(C)O[C@H]1c1ccccc1)CC=C(C)C. The first kappa shape index (κ1) is 19.6. The first-order valence-corrected chi connectivity index (χ1v) is 8.93. The van der Waals surface area contributed by atoms with E-state index in [1.807, 2.05) is 44.3 Å². The van der Waals surface area contributed by atoms with Gasteiger partial charge in [0, 0.05) is 11.6 Å². The van der Waals surface area contributed by atoms with Crippen LogP contribution in [-0.2, 0) is 9.47 Å². The van der Waals surface area contributed by atoms with Crippen LogP contribution in [0.4, 0.5) is 0 Å². The van der Waals surface area contributed by atoms with E-state index in [9.17, 15) is 0 Å². The lowest BCUT2D eigenvalue weighted by Gasteiger charge is -2.40. The maximum absolute atomic E-state index is 6.20. The predicted molar refractivity (Wildman–Crippen MR) is 105 cm³/mol. The molecule has 3 atom stereocenters. The zero-order valence-corrected chi connectivity index (χ0v) is 16.2. The second kappa shape index (κ2) is 8.11. The van der Waals surface area contributed by atoms with E-state index in [2.05, 4.69) is 45.6 Å². The fourth-order valence-electron chi connectivity index (χ4n) is 2.72. The molecule has 1 aromatic carbocycles. The van der Waals surface area contributed by atoms with E-state index in [1.54, 1.807) is 0 Å². The van der Waals surface area contributed by atoms with Crippen LogP contribution in [-0.4, -0.2) is 24.7 Å². The summed E-state index contributed by atoms with van der Waals surface area (Å²) in [6.45, 7) is 14.8. The van der Waals surface area contributed by atoms with Gasteiger partial charge in [0.2, 0.25) is 0 Å². The van der Waals surface area contributed by atoms with E-state index in [1.165, 1.54) is 5.57 Å². The molecule has 0 radical (unpaired) electrons. The highest BCUT2D eigenvalue weighted by molar-refractivity contribution is 5.68. The monoisotopic (exact) mass is 341 g/mol. The van der Waals surface area contributed by atoms with Crippen molar-refractivity contribution in [1.82, 2.24) is 0 Å². The summed E-state index contributed by atoms with van der Waals surface area (Å²) < 4.78 is 12.0. The molecule has 0 amide bonds. The number of rotatable bonds is 6. The first-order chi connectivity index (χ1) is 11.7. The van der Waals surface area contributed by atoms with Gasteiger partial charge in [-0.25, -0.2) is 0 Å². The second-order valence-corrected chi connectivity index (χ2v) is 7.70. The van der Waals surface area contributed by atoms with Crippen LogP contribution in [0.25, 0.3) is 0 Å². The van der Waals surface area contributed by atoms with E-state index in [4.69, 9.17) is 14.5 Å². The third kappa shape index (κ3) is 5.65. The summed E-state index contributed by atoms with van der Waals surface area (Å²) in [6, 6.07) is 10.2. The quantitative estimate of drug-likeness (QED) is 0.505. The largest absolute Gasteiger partial charge is 0.348 e. The summed E-state index contributed by atoms with van der Waals surface area (Å²) in [5.41, 5.74) is 2.26. The standard InChI is InChI=1S/C22H31NO2/c1-7-22(6,14-13-17(2)3)16-23-19-15-24-21(4,5)25-20(19)18-11-9-8-10-12-18/h7-13,16,19-20H,1,14-15H2,2-6H3/t19-,20-,22+/m0/s1. The van der Waals surface area contributed by atoms with Gasteiger partial charge in [0.05, 0.1) is 6.61 Å². The number of allylic oxidation sites excluding steroid dienone is 3. The number of ether oxygens (including phenoxy) is 2. The Hall–Kier alpha value is -1.71. The zero-order valence-electron chi connectivity index (χ0n) is 16.2. The Morgan fingerprint density at radius 2 is 2.00 bits per heavy atom. The molecule has 3 nitrogen and oxygen atoms in total. The molecule has 2 rings (SSSR count). The third-order valence-corrected chi connectivity index (χ3v) is 4.47. The summed E-state index contributed by atoms with van der Waals surface area (Å²) in [5, 5.41) is 0. The topological polar surface area (TPSA) is 30.8 Å². The molecule has 1 aliphatic heterocycles. The highest BCUT2D eigenvalue weighted by atomic mass is 16.7. The van der Waals surface area contributed by atoms with Crippen molar-refractivity contribution in [2.45, 2.75) is 59.0 Å². The van der Waals surface area contributed by atoms with Crippen molar-refractivity contribution in [1.29, 1.82) is 0 Å². The summed E-state index contributed by atoms with van der Waals surface area (Å²) in [5.74, 6) is -0.601. The number of hydrogen-bond acceptors (Lipinski definition) is 3. The van der Waals surface area contributed by atoms with Crippen molar-refractivity contribution in [3.63, 3.8) is 0 Å². The summed E-state index contributed by atoms with van der Waals surface area (Å²) in [7, 11) is 0. The van der Waals surface area contributed by atoms with Gasteiger partial charge in [0.15, 0.2) is 5.79 Å². The normalized spacial score (nSPS) is 25.3. The smallest absolute Gasteiger partial charge is 0.163 e. The van der Waals surface area contributed by atoms with E-state index < -0.39 is 5.79 Å². The first-order valence-electron chi connectivity index (χ1n) is 8.93. The van der Waals surface area contributed by atoms with Gasteiger partial charge in [-0.2, -0.15) is 0 Å². The van der Waals surface area contributed by atoms with Crippen LogP contribution < -0.4 is 0 Å². The average Bonchev–Trinajstić information content (AvgIpc) is 2.59. The Bertz CT molecular complexity index is 629. The van der Waals surface area contributed by atoms with Gasteiger partial charge < -0.3 is 9.47 Å². The molecule has 0 unspecified atom stereocenters. The van der Waals surface area contributed by atoms with Gasteiger partial charge in [-0.15, -0.1) is 6.58 Å². The van der Waals surface area contributed by atoms with Crippen LogP contribution in [0, 0.1) is 5.41 Å². The summed E-state index contributed by atoms with van der Waals surface area (Å²) in [6.07, 6.45) is 6.96. The van der Waals surface area contributed by atoms with Crippen LogP contribution in [0.5, 0.6) is 0 Å². The third-order valence-electron chi connectivity index (χ3n) is 4.47. The van der Waals surface area contributed by atoms with Crippen molar-refractivity contribution in [3.8, 4) is 0 Å². The number of benzene rings is 1. The highest BCUT2D eigenvalue weighted by Gasteiger charge is 2.37. The molecule has 25 heavy (non-hydrogen) atoms. The van der Waals surface area contributed by atoms with Crippen LogP contribution >= 0.6 is 0 Å². The van der Waals surface area contributed by atoms with Gasteiger partial charge in [-0.3, -0.25) is 4.99 Å². The van der Waals surface area contributed by atoms with Crippen molar-refractivity contribution in [2.75, 3.05) is 6.61 Å². The number of nitrogens with zero attached hydrogens (tertiary/aromatic N) is 1. The second-order valence-electron chi connectivity index (χ2n) is 7.70. The van der Waals surface area contributed by atoms with Crippen LogP contribution in [0.2, 0.25) is 0 Å². The maximum atomic E-state index is 6.20. The van der Waals surface area contributed by atoms with Crippen molar-refractivity contribution in [2.24, 2.45) is 10.4 Å². The average molecular weight is 341 g/mol. The van der Waals surface area contributed by atoms with Crippen LogP contribution in [0.3, 0.4) is 0 Å². The van der Waals surface area contributed by atoms with E-state index in [-0.39, 0.29) is 17.6 Å². The van der Waals surface area contributed by atoms with E-state index in [0.29, 0.717) is 6.61 Å². The summed E-state index contributed by atoms with van der Waals surface area (Å²) in [4.78, 5) is 4.85. The van der Waals surface area contributed by atoms with E-state index in [0.717, 1.165) is 12.0 Å². The van der Waals surface area contributed by atoms with Crippen LogP contribution in [0.1, 0.15) is 52.7 Å². The predicted octanol–water partition coefficient (Wildman–Crippen LogP) is 5.50. The Morgan fingerprint density at radius 3 is 2.60 bits per heavy atom. The lowest BCUT2D eigenvalue weighted by molar-refractivity contribution is -0.281. The molecule has 0 N–H and O–H groups in total. The Labute approximate surface area is 152 Å². The molecule has 0 bridgehead atoms. The molecule has 1 aliphatic rings. The molecule has 0 spiro atoms. The maximum Gasteiger partial charge on any atom is 0.163 e. The van der Waals surface area contributed by atoms with Crippen LogP contribution in [0.15, 0.2) is 59.6 Å². The zero-order chi connectivity index (χ0) is 18.5. The lowest BCUT2D eigenvalue weighted by atomic mass is 9.87. The molecule has 0 aromatic heterocycles. The van der Waals surface area contributed by atoms with Gasteiger partial charge in [0.1, 0.15) is 12.1 Å². The molecular weight excluding hydrogens is 310 g/mol. The van der Waals surface area contributed by atoms with Gasteiger partial charge in [-0.05, 0) is 39.7 Å². The van der Waals surface area contributed by atoms with Crippen molar-refractivity contribution >= 4 is 6.21 Å². The fourth-order valence-corrected chi connectivity index (χ4v) is 2.72. The Morgan fingerprint density at radius 1 is 1.32 bits per heavy atom. The van der Waals surface area contributed by atoms with E-state index >= 15 is 0 Å². The molecule has 1 heterocycles. The molecule has 1 saturated heterocycles. The van der Waals surface area contributed by atoms with Crippen molar-refractivity contribution < 1.29 is 9.47 Å². The number of aliphatic imine (C=N–C) groups is 1. The minimum atomic E-state index is -0.601. The minimum Gasteiger partial charge on any atom is -0.348 e. The fraction of sp³-hybridized carbons (Fsp3) is 0.500. The lowest BCUT2D eigenvalue weighted by Crippen LogP contribution is -2.43. The Balaban J connectivity index is 2.22. The molecule has 0 aliphatic carbocycles. The van der Waals surface area contributed by atoms with Gasteiger partial charge >= 0.3 is 0 Å². The molecule has 3 heteroatoms. The minimum absolute atomic E-state index is 0.0681. The molecule has 136 valence electrons. The van der Waals surface area contributed by atoms with Gasteiger partial charge in [-0.1, -0.05) is 55.0 Å². The Kier molecular flexibility index (Phi) is 6.36. The summed E-state index contributed by atoms with van der Waals surface area (Å²) >= 11 is 0. The van der Waals surface area contributed by atoms with Crippen molar-refractivity contribution in [3.05, 3.63) is 60.2 Å². The highest BCUT2D eigenvalue weighted by Crippen LogP contribution is 2.35. The molecular formula is C22H31NO2. The van der Waals surface area contributed by atoms with Gasteiger partial charge in [0.25, 0.3) is 0 Å². The molecule has 0 saturated carbocycles. The number of hydrogen-bond donors (Lipinski definition) is 0. The molecule has 1 fully saturated rings.